The Bertz CT molecular complexity index is 886. The monoisotopic (exact) mass is 435 g/mol. The van der Waals surface area contributed by atoms with Gasteiger partial charge in [0.05, 0.1) is 6.61 Å². The van der Waals surface area contributed by atoms with Crippen LogP contribution in [0.5, 0.6) is 5.75 Å². The Morgan fingerprint density at radius 1 is 1.06 bits per heavy atom. The van der Waals surface area contributed by atoms with Crippen molar-refractivity contribution in [3.63, 3.8) is 0 Å². The summed E-state index contributed by atoms with van der Waals surface area (Å²) in [6, 6.07) is 17.3. The molecular weight excluding hydrogens is 402 g/mol. The van der Waals surface area contributed by atoms with E-state index in [4.69, 9.17) is 4.74 Å². The standard InChI is InChI=1S/C26H33N3O3/c1-28(2)17-6-20-32-24-12-10-23(11-13-24)27-26(31)22-15-18-29(19-16-22)25(30)14-9-21-7-4-3-5-8-21/h3-5,7-14,22H,6,15-20H2,1-2H3,(H,27,31)/b14-9+. The molecule has 1 aliphatic rings. The first-order valence-electron chi connectivity index (χ1n) is 11.2. The van der Waals surface area contributed by atoms with E-state index in [0.717, 1.165) is 30.0 Å². The zero-order valence-electron chi connectivity index (χ0n) is 19.0. The highest BCUT2D eigenvalue weighted by molar-refractivity contribution is 5.94. The van der Waals surface area contributed by atoms with E-state index in [-0.39, 0.29) is 17.7 Å². The molecule has 2 aromatic carbocycles. The molecule has 6 nitrogen and oxygen atoms in total. The summed E-state index contributed by atoms with van der Waals surface area (Å²) >= 11 is 0. The third-order valence-corrected chi connectivity index (χ3v) is 5.54. The molecule has 2 amide bonds. The van der Waals surface area contributed by atoms with Gasteiger partial charge in [-0.15, -0.1) is 0 Å². The summed E-state index contributed by atoms with van der Waals surface area (Å²) in [5.74, 6) is 0.724. The second-order valence-corrected chi connectivity index (χ2v) is 8.36. The fourth-order valence-electron chi connectivity index (χ4n) is 3.65. The summed E-state index contributed by atoms with van der Waals surface area (Å²) in [5.41, 5.74) is 1.76. The minimum absolute atomic E-state index is 0.00567. The van der Waals surface area contributed by atoms with Crippen LogP contribution in [-0.4, -0.2) is 62.0 Å². The van der Waals surface area contributed by atoms with E-state index in [1.165, 1.54) is 0 Å². The number of benzene rings is 2. The quantitative estimate of drug-likeness (QED) is 0.479. The number of hydrogen-bond acceptors (Lipinski definition) is 4. The molecule has 0 unspecified atom stereocenters. The summed E-state index contributed by atoms with van der Waals surface area (Å²) in [7, 11) is 4.09. The van der Waals surface area contributed by atoms with Crippen LogP contribution in [-0.2, 0) is 9.59 Å². The van der Waals surface area contributed by atoms with Crippen LogP contribution < -0.4 is 10.1 Å². The van der Waals surface area contributed by atoms with E-state index < -0.39 is 0 Å². The number of piperidine rings is 1. The molecular formula is C26H33N3O3. The second-order valence-electron chi connectivity index (χ2n) is 8.36. The molecule has 1 N–H and O–H groups in total. The Kier molecular flexibility index (Phi) is 8.87. The largest absolute Gasteiger partial charge is 0.494 e. The van der Waals surface area contributed by atoms with Gasteiger partial charge in [0.15, 0.2) is 0 Å². The van der Waals surface area contributed by atoms with E-state index in [1.807, 2.05) is 79.7 Å². The van der Waals surface area contributed by atoms with Crippen molar-refractivity contribution >= 4 is 23.6 Å². The minimum atomic E-state index is -0.0842. The summed E-state index contributed by atoms with van der Waals surface area (Å²) in [5, 5.41) is 2.99. The maximum absolute atomic E-state index is 12.6. The van der Waals surface area contributed by atoms with Gasteiger partial charge in [0.1, 0.15) is 5.75 Å². The van der Waals surface area contributed by atoms with Crippen LogP contribution in [0.2, 0.25) is 0 Å². The highest BCUT2D eigenvalue weighted by atomic mass is 16.5. The van der Waals surface area contributed by atoms with Crippen molar-refractivity contribution in [2.24, 2.45) is 5.92 Å². The van der Waals surface area contributed by atoms with Crippen molar-refractivity contribution in [1.29, 1.82) is 0 Å². The first kappa shape index (κ1) is 23.5. The first-order valence-corrected chi connectivity index (χ1v) is 11.2. The molecule has 0 radical (unpaired) electrons. The third kappa shape index (κ3) is 7.54. The van der Waals surface area contributed by atoms with Gasteiger partial charge in [-0.2, -0.15) is 0 Å². The summed E-state index contributed by atoms with van der Waals surface area (Å²) in [6.45, 7) is 2.84. The van der Waals surface area contributed by atoms with Gasteiger partial charge in [-0.25, -0.2) is 0 Å². The number of nitrogens with zero attached hydrogens (tertiary/aromatic N) is 2. The molecule has 3 rings (SSSR count). The summed E-state index contributed by atoms with van der Waals surface area (Å²) in [4.78, 5) is 29.0. The van der Waals surface area contributed by atoms with Crippen LogP contribution in [0.25, 0.3) is 6.08 Å². The van der Waals surface area contributed by atoms with Crippen LogP contribution >= 0.6 is 0 Å². The molecule has 1 saturated heterocycles. The number of carbonyl (C=O) groups excluding carboxylic acids is 2. The Balaban J connectivity index is 1.40. The molecule has 0 aromatic heterocycles. The average Bonchev–Trinajstić information content (AvgIpc) is 2.82. The molecule has 0 aliphatic carbocycles. The number of anilines is 1. The lowest BCUT2D eigenvalue weighted by Crippen LogP contribution is -2.40. The molecule has 1 heterocycles. The molecule has 0 saturated carbocycles. The van der Waals surface area contributed by atoms with Crippen molar-refractivity contribution < 1.29 is 14.3 Å². The van der Waals surface area contributed by atoms with E-state index in [2.05, 4.69) is 10.2 Å². The molecule has 170 valence electrons. The van der Waals surface area contributed by atoms with Gasteiger partial charge in [-0.1, -0.05) is 30.3 Å². The highest BCUT2D eigenvalue weighted by Crippen LogP contribution is 2.21. The molecule has 32 heavy (non-hydrogen) atoms. The number of rotatable bonds is 9. The molecule has 0 spiro atoms. The number of amides is 2. The molecule has 0 bridgehead atoms. The first-order chi connectivity index (χ1) is 15.5. The van der Waals surface area contributed by atoms with Crippen molar-refractivity contribution in [3.05, 3.63) is 66.2 Å². The third-order valence-electron chi connectivity index (χ3n) is 5.54. The zero-order valence-corrected chi connectivity index (χ0v) is 19.0. The predicted molar refractivity (Wildman–Crippen MR) is 129 cm³/mol. The molecule has 6 heteroatoms. The van der Waals surface area contributed by atoms with Crippen molar-refractivity contribution in [2.45, 2.75) is 19.3 Å². The van der Waals surface area contributed by atoms with Gasteiger partial charge < -0.3 is 19.9 Å². The van der Waals surface area contributed by atoms with Crippen LogP contribution in [0.4, 0.5) is 5.69 Å². The fourth-order valence-corrected chi connectivity index (χ4v) is 3.65. The highest BCUT2D eigenvalue weighted by Gasteiger charge is 2.26. The van der Waals surface area contributed by atoms with Crippen molar-refractivity contribution in [1.82, 2.24) is 9.80 Å². The van der Waals surface area contributed by atoms with Crippen molar-refractivity contribution in [2.75, 3.05) is 45.7 Å². The van der Waals surface area contributed by atoms with Gasteiger partial charge in [0.25, 0.3) is 0 Å². The van der Waals surface area contributed by atoms with E-state index in [0.29, 0.717) is 32.5 Å². The lowest BCUT2D eigenvalue weighted by molar-refractivity contribution is -0.130. The minimum Gasteiger partial charge on any atom is -0.494 e. The Morgan fingerprint density at radius 2 is 1.75 bits per heavy atom. The van der Waals surface area contributed by atoms with Gasteiger partial charge in [-0.05, 0) is 69.3 Å². The van der Waals surface area contributed by atoms with Crippen LogP contribution in [0.1, 0.15) is 24.8 Å². The Hall–Kier alpha value is -3.12. The summed E-state index contributed by atoms with van der Waals surface area (Å²) in [6.07, 6.45) is 5.75. The van der Waals surface area contributed by atoms with Crippen LogP contribution in [0.15, 0.2) is 60.7 Å². The number of likely N-dealkylation sites (tertiary alicyclic amines) is 1. The van der Waals surface area contributed by atoms with E-state index in [1.54, 1.807) is 6.08 Å². The topological polar surface area (TPSA) is 61.9 Å². The molecule has 2 aromatic rings. The van der Waals surface area contributed by atoms with Crippen LogP contribution in [0.3, 0.4) is 0 Å². The average molecular weight is 436 g/mol. The zero-order chi connectivity index (χ0) is 22.8. The van der Waals surface area contributed by atoms with E-state index in [9.17, 15) is 9.59 Å². The van der Waals surface area contributed by atoms with E-state index >= 15 is 0 Å². The van der Waals surface area contributed by atoms with Crippen LogP contribution in [0, 0.1) is 5.92 Å². The van der Waals surface area contributed by atoms with Gasteiger partial charge in [0, 0.05) is 37.3 Å². The van der Waals surface area contributed by atoms with Gasteiger partial charge >= 0.3 is 0 Å². The lowest BCUT2D eigenvalue weighted by atomic mass is 9.95. The van der Waals surface area contributed by atoms with Crippen molar-refractivity contribution in [3.8, 4) is 5.75 Å². The second kappa shape index (κ2) is 12.1. The summed E-state index contributed by atoms with van der Waals surface area (Å²) < 4.78 is 5.73. The molecule has 0 atom stereocenters. The maximum atomic E-state index is 12.6. The Labute approximate surface area is 190 Å². The molecule has 1 aliphatic heterocycles. The smallest absolute Gasteiger partial charge is 0.246 e. The lowest BCUT2D eigenvalue weighted by Gasteiger charge is -2.30. The number of ether oxygens (including phenoxy) is 1. The normalized spacial score (nSPS) is 14.7. The predicted octanol–water partition coefficient (Wildman–Crippen LogP) is 3.91. The SMILES string of the molecule is CN(C)CCCOc1ccc(NC(=O)C2CCN(C(=O)/C=C/c3ccccc3)CC2)cc1. The maximum Gasteiger partial charge on any atom is 0.246 e. The number of hydrogen-bond donors (Lipinski definition) is 1. The fraction of sp³-hybridized carbons (Fsp3) is 0.385. The Morgan fingerprint density at radius 3 is 2.41 bits per heavy atom. The number of nitrogens with one attached hydrogen (secondary N) is 1. The van der Waals surface area contributed by atoms with Gasteiger partial charge in [0.2, 0.25) is 11.8 Å². The molecule has 1 fully saturated rings. The van der Waals surface area contributed by atoms with Gasteiger partial charge in [-0.3, -0.25) is 9.59 Å². The number of carbonyl (C=O) groups is 2.